The molecule has 0 saturated heterocycles. The Morgan fingerprint density at radius 1 is 1.10 bits per heavy atom. The Morgan fingerprint density at radius 2 is 1.87 bits per heavy atom. The van der Waals surface area contributed by atoms with Crippen LogP contribution < -0.4 is 4.74 Å². The van der Waals surface area contributed by atoms with Gasteiger partial charge in [-0.15, -0.1) is 0 Å². The van der Waals surface area contributed by atoms with Crippen molar-refractivity contribution in [1.82, 2.24) is 0 Å². The second-order valence-electron chi connectivity index (χ2n) is 10.7. The Balaban J connectivity index is 1.41. The van der Waals surface area contributed by atoms with Gasteiger partial charge < -0.3 is 4.74 Å². The fraction of sp³-hybridized carbons (Fsp3) is 0.536. The van der Waals surface area contributed by atoms with Gasteiger partial charge in [-0.25, -0.2) is 0 Å². The van der Waals surface area contributed by atoms with Gasteiger partial charge in [-0.05, 0) is 85.5 Å². The fourth-order valence-corrected chi connectivity index (χ4v) is 7.86. The van der Waals surface area contributed by atoms with Crippen LogP contribution in [0.3, 0.4) is 0 Å². The van der Waals surface area contributed by atoms with Crippen LogP contribution in [0.25, 0.3) is 0 Å². The van der Waals surface area contributed by atoms with Crippen LogP contribution in [-0.2, 0) is 4.79 Å². The smallest absolute Gasteiger partial charge is 0.178 e. The molecule has 30 heavy (non-hydrogen) atoms. The van der Waals surface area contributed by atoms with E-state index < -0.39 is 0 Å². The standard InChI is InChI=1S/C28H34O2/c1-18-16-22-24-11-10-23(19(2)30-21-8-6-5-7-9-21)27(24,3)15-13-25(22)28(4)14-12-20(29)17-26(18)28/h5-9,12,14,17-18,22-25H,2,10-11,13,15-16H2,1,3-4H3/t18-,22-,23+,24-,25-,27+,28+/m0/s1. The molecule has 0 radical (unpaired) electrons. The molecule has 0 heterocycles. The number of fused-ring (bicyclic) bond motifs is 5. The maximum Gasteiger partial charge on any atom is 0.178 e. The van der Waals surface area contributed by atoms with Crippen LogP contribution in [0.2, 0.25) is 0 Å². The first-order chi connectivity index (χ1) is 14.3. The van der Waals surface area contributed by atoms with Gasteiger partial charge in [0.15, 0.2) is 5.78 Å². The first-order valence-corrected chi connectivity index (χ1v) is 11.7. The highest BCUT2D eigenvalue weighted by atomic mass is 16.5. The minimum absolute atomic E-state index is 0.0488. The molecule has 1 aromatic rings. The molecule has 0 aliphatic heterocycles. The number of rotatable bonds is 3. The molecule has 3 saturated carbocycles. The van der Waals surface area contributed by atoms with Gasteiger partial charge in [-0.3, -0.25) is 4.79 Å². The van der Waals surface area contributed by atoms with Gasteiger partial charge in [0.25, 0.3) is 0 Å². The normalized spacial score (nSPS) is 42.0. The number of carbonyl (C=O) groups excluding carboxylic acids is 1. The SMILES string of the molecule is C=C(Oc1ccccc1)[C@H]1CC[C@H]2[C@@H]3C[C@H](C)C4=CC(=O)C=C[C@]4(C)[C@H]3CC[C@]12C. The molecule has 4 aliphatic carbocycles. The molecule has 2 nitrogen and oxygen atoms in total. The van der Waals surface area contributed by atoms with Gasteiger partial charge in [-0.2, -0.15) is 0 Å². The van der Waals surface area contributed by atoms with Crippen molar-refractivity contribution in [2.45, 2.75) is 52.9 Å². The van der Waals surface area contributed by atoms with Gasteiger partial charge in [0.05, 0.1) is 0 Å². The van der Waals surface area contributed by atoms with Gasteiger partial charge in [-0.1, -0.05) is 57.2 Å². The second kappa shape index (κ2) is 6.97. The molecule has 1 aromatic carbocycles. The van der Waals surface area contributed by atoms with E-state index in [1.165, 1.54) is 37.7 Å². The summed E-state index contributed by atoms with van der Waals surface area (Å²) in [5, 5.41) is 0. The van der Waals surface area contributed by atoms with Crippen molar-refractivity contribution in [1.29, 1.82) is 0 Å². The van der Waals surface area contributed by atoms with Crippen molar-refractivity contribution < 1.29 is 9.53 Å². The molecule has 7 atom stereocenters. The minimum Gasteiger partial charge on any atom is -0.462 e. The summed E-state index contributed by atoms with van der Waals surface area (Å²) in [7, 11) is 0. The van der Waals surface area contributed by atoms with Crippen LogP contribution in [0.4, 0.5) is 0 Å². The summed E-state index contributed by atoms with van der Waals surface area (Å²) in [5.41, 5.74) is 1.69. The largest absolute Gasteiger partial charge is 0.462 e. The number of ether oxygens (including phenoxy) is 1. The van der Waals surface area contributed by atoms with Crippen LogP contribution in [0, 0.1) is 40.4 Å². The highest BCUT2D eigenvalue weighted by Crippen LogP contribution is 2.67. The highest BCUT2D eigenvalue weighted by Gasteiger charge is 2.60. The first-order valence-electron chi connectivity index (χ1n) is 11.7. The number of para-hydroxylation sites is 1. The van der Waals surface area contributed by atoms with Gasteiger partial charge >= 0.3 is 0 Å². The van der Waals surface area contributed by atoms with Gasteiger partial charge in [0.2, 0.25) is 0 Å². The number of carbonyl (C=O) groups is 1. The summed E-state index contributed by atoms with van der Waals surface area (Å²) in [6.07, 6.45) is 12.1. The van der Waals surface area contributed by atoms with Crippen molar-refractivity contribution in [3.05, 3.63) is 66.5 Å². The number of hydrogen-bond donors (Lipinski definition) is 0. The van der Waals surface area contributed by atoms with Gasteiger partial charge in [0.1, 0.15) is 11.5 Å². The molecule has 158 valence electrons. The summed E-state index contributed by atoms with van der Waals surface area (Å²) in [5.74, 6) is 4.99. The Kier molecular flexibility index (Phi) is 4.61. The summed E-state index contributed by atoms with van der Waals surface area (Å²) in [6, 6.07) is 10.1. The predicted octanol–water partition coefficient (Wildman–Crippen LogP) is 6.75. The molecule has 0 amide bonds. The van der Waals surface area contributed by atoms with Crippen LogP contribution >= 0.6 is 0 Å². The van der Waals surface area contributed by atoms with Crippen molar-refractivity contribution in [3.63, 3.8) is 0 Å². The highest BCUT2D eigenvalue weighted by molar-refractivity contribution is 6.01. The quantitative estimate of drug-likeness (QED) is 0.523. The zero-order chi connectivity index (χ0) is 21.1. The van der Waals surface area contributed by atoms with Crippen LogP contribution in [0.5, 0.6) is 5.75 Å². The molecule has 4 aliphatic rings. The third-order valence-electron chi connectivity index (χ3n) is 9.26. The minimum atomic E-state index is 0.0488. The van der Waals surface area contributed by atoms with E-state index in [-0.39, 0.29) is 16.6 Å². The molecule has 0 spiro atoms. The Labute approximate surface area is 181 Å². The molecule has 5 rings (SSSR count). The lowest BCUT2D eigenvalue weighted by molar-refractivity contribution is -0.111. The average molecular weight is 403 g/mol. The molecule has 2 heteroatoms. The van der Waals surface area contributed by atoms with E-state index in [1.54, 1.807) is 0 Å². The average Bonchev–Trinajstić information content (AvgIpc) is 3.08. The zero-order valence-corrected chi connectivity index (χ0v) is 18.6. The lowest BCUT2D eigenvalue weighted by Crippen LogP contribution is -2.51. The topological polar surface area (TPSA) is 26.3 Å². The third kappa shape index (κ3) is 2.87. The van der Waals surface area contributed by atoms with E-state index in [1.807, 2.05) is 42.5 Å². The third-order valence-corrected chi connectivity index (χ3v) is 9.26. The van der Waals surface area contributed by atoms with Crippen LogP contribution in [0.15, 0.2) is 66.5 Å². The number of hydrogen-bond acceptors (Lipinski definition) is 2. The van der Waals surface area contributed by atoms with Crippen molar-refractivity contribution >= 4 is 5.78 Å². The maximum atomic E-state index is 12.1. The lowest BCUT2D eigenvalue weighted by atomic mass is 9.46. The molecular weight excluding hydrogens is 368 g/mol. The molecule has 0 bridgehead atoms. The van der Waals surface area contributed by atoms with Crippen molar-refractivity contribution in [3.8, 4) is 5.75 Å². The molecule has 0 N–H and O–H groups in total. The van der Waals surface area contributed by atoms with Crippen LogP contribution in [0.1, 0.15) is 52.9 Å². The molecular formula is C28H34O2. The lowest BCUT2D eigenvalue weighted by Gasteiger charge is -2.58. The Hall–Kier alpha value is -2.09. The first kappa shape index (κ1) is 19.8. The van der Waals surface area contributed by atoms with E-state index in [2.05, 4.69) is 33.4 Å². The fourth-order valence-electron chi connectivity index (χ4n) is 7.86. The number of ketones is 1. The van der Waals surface area contributed by atoms with Gasteiger partial charge in [0, 0.05) is 11.3 Å². The number of allylic oxidation sites excluding steroid dienone is 5. The summed E-state index contributed by atoms with van der Waals surface area (Å²) in [6.45, 7) is 11.6. The monoisotopic (exact) mass is 402 g/mol. The van der Waals surface area contributed by atoms with Crippen LogP contribution in [-0.4, -0.2) is 5.78 Å². The van der Waals surface area contributed by atoms with E-state index >= 15 is 0 Å². The van der Waals surface area contributed by atoms with E-state index in [9.17, 15) is 4.79 Å². The van der Waals surface area contributed by atoms with E-state index in [4.69, 9.17) is 4.74 Å². The molecule has 0 unspecified atom stereocenters. The van der Waals surface area contributed by atoms with Crippen molar-refractivity contribution in [2.24, 2.45) is 40.4 Å². The summed E-state index contributed by atoms with van der Waals surface area (Å²) in [4.78, 5) is 12.1. The number of benzene rings is 1. The maximum absolute atomic E-state index is 12.1. The molecule has 3 fully saturated rings. The summed E-state index contributed by atoms with van der Waals surface area (Å²) < 4.78 is 6.23. The zero-order valence-electron chi connectivity index (χ0n) is 18.6. The summed E-state index contributed by atoms with van der Waals surface area (Å²) >= 11 is 0. The van der Waals surface area contributed by atoms with E-state index in [0.717, 1.165) is 11.5 Å². The molecule has 0 aromatic heterocycles. The van der Waals surface area contributed by atoms with Crippen molar-refractivity contribution in [2.75, 3.05) is 0 Å². The Bertz CT molecular complexity index is 925. The second-order valence-corrected chi connectivity index (χ2v) is 10.7. The Morgan fingerprint density at radius 3 is 2.63 bits per heavy atom. The predicted molar refractivity (Wildman–Crippen MR) is 121 cm³/mol. The van der Waals surface area contributed by atoms with E-state index in [0.29, 0.717) is 29.6 Å².